The average Bonchev–Trinajstić information content (AvgIpc) is 3.52. The molecule has 0 amide bonds. The number of hydrogen-bond donors (Lipinski definition) is 4. The summed E-state index contributed by atoms with van der Waals surface area (Å²) in [7, 11) is 0. The lowest BCUT2D eigenvalue weighted by Crippen LogP contribution is -2.33. The van der Waals surface area contributed by atoms with Crippen LogP contribution >= 0.6 is 0 Å². The molecule has 2 aliphatic heterocycles. The van der Waals surface area contributed by atoms with Gasteiger partial charge in [0, 0.05) is 6.61 Å². The predicted octanol–water partition coefficient (Wildman–Crippen LogP) is -2.12. The first-order valence-electron chi connectivity index (χ1n) is 9.09. The topological polar surface area (TPSA) is 180 Å². The smallest absolute Gasteiger partial charge is 0.248 e. The van der Waals surface area contributed by atoms with Gasteiger partial charge in [-0.25, -0.2) is 20.1 Å². The lowest BCUT2D eigenvalue weighted by molar-refractivity contribution is -0.0511. The highest BCUT2D eigenvalue weighted by atomic mass is 16.6. The Morgan fingerprint density at radius 2 is 2.14 bits per heavy atom. The standard InChI is InChI=1S/C15H19N9O5/c25-3-8-10(26)11(27)14(29-8)23-6-18-9-12(23)16-5-17-13(9)24(7-1-2-28-4-7)15-19-21-22-20-15/h5-8,10-11,14,25-27H,1-4H2,(H,19,20,21,22)/t7?,8-,10+,11+,14-/m1/s1. The first-order valence-corrected chi connectivity index (χ1v) is 9.09. The van der Waals surface area contributed by atoms with Crippen molar-refractivity contribution in [1.29, 1.82) is 0 Å². The summed E-state index contributed by atoms with van der Waals surface area (Å²) in [4.78, 5) is 14.9. The number of rotatable bonds is 5. The molecule has 1 unspecified atom stereocenters. The van der Waals surface area contributed by atoms with Crippen molar-refractivity contribution in [2.75, 3.05) is 24.7 Å². The Bertz CT molecular complexity index is 976. The zero-order valence-corrected chi connectivity index (χ0v) is 15.1. The summed E-state index contributed by atoms with van der Waals surface area (Å²) < 4.78 is 12.6. The highest BCUT2D eigenvalue weighted by Gasteiger charge is 2.44. The van der Waals surface area contributed by atoms with Crippen LogP contribution in [0.2, 0.25) is 0 Å². The van der Waals surface area contributed by atoms with Gasteiger partial charge < -0.3 is 24.8 Å². The first kappa shape index (κ1) is 18.3. The Balaban J connectivity index is 1.58. The minimum absolute atomic E-state index is 0.0538. The summed E-state index contributed by atoms with van der Waals surface area (Å²) in [6, 6.07) is -0.0538. The maximum Gasteiger partial charge on any atom is 0.248 e. The molecule has 2 saturated heterocycles. The van der Waals surface area contributed by atoms with E-state index in [1.54, 1.807) is 0 Å². The van der Waals surface area contributed by atoms with Crippen molar-refractivity contribution in [3.63, 3.8) is 0 Å². The van der Waals surface area contributed by atoms with Gasteiger partial charge in [-0.15, -0.1) is 0 Å². The van der Waals surface area contributed by atoms with Gasteiger partial charge in [0.2, 0.25) is 5.95 Å². The first-order chi connectivity index (χ1) is 14.2. The SMILES string of the molecule is OC[C@H]1O[C@@H](n2cnc3c(N(c4nnn[nH]4)C4CCOC4)ncnc32)[C@@H](O)[C@H]1O. The quantitative estimate of drug-likeness (QED) is 0.363. The number of hydrogen-bond acceptors (Lipinski definition) is 12. The summed E-state index contributed by atoms with van der Waals surface area (Å²) >= 11 is 0. The minimum atomic E-state index is -1.25. The third kappa shape index (κ3) is 2.92. The molecule has 14 nitrogen and oxygen atoms in total. The maximum atomic E-state index is 10.4. The van der Waals surface area contributed by atoms with Crippen LogP contribution in [0.25, 0.3) is 11.2 Å². The number of aromatic amines is 1. The number of imidazole rings is 1. The van der Waals surface area contributed by atoms with Gasteiger partial charge in [-0.2, -0.15) is 0 Å². The molecule has 2 fully saturated rings. The van der Waals surface area contributed by atoms with Crippen molar-refractivity contribution in [2.45, 2.75) is 37.0 Å². The number of aliphatic hydroxyl groups excluding tert-OH is 3. The average molecular weight is 405 g/mol. The summed E-state index contributed by atoms with van der Waals surface area (Å²) in [5, 5.41) is 43.8. The molecular formula is C15H19N9O5. The molecule has 4 N–H and O–H groups in total. The number of aromatic nitrogens is 8. The molecule has 0 aliphatic carbocycles. The van der Waals surface area contributed by atoms with E-state index in [9.17, 15) is 15.3 Å². The molecule has 5 rings (SSSR count). The molecule has 3 aromatic heterocycles. The lowest BCUT2D eigenvalue weighted by Gasteiger charge is -2.25. The fraction of sp³-hybridized carbons (Fsp3) is 0.600. The number of aliphatic hydroxyl groups is 3. The van der Waals surface area contributed by atoms with E-state index in [0.717, 1.165) is 6.42 Å². The van der Waals surface area contributed by atoms with E-state index in [4.69, 9.17) is 9.47 Å². The zero-order chi connectivity index (χ0) is 20.0. The van der Waals surface area contributed by atoms with E-state index < -0.39 is 31.1 Å². The highest BCUT2D eigenvalue weighted by Crippen LogP contribution is 2.35. The van der Waals surface area contributed by atoms with Crippen molar-refractivity contribution in [2.24, 2.45) is 0 Å². The molecule has 5 atom stereocenters. The second kappa shape index (κ2) is 7.23. The van der Waals surface area contributed by atoms with E-state index in [1.165, 1.54) is 17.2 Å². The van der Waals surface area contributed by atoms with E-state index >= 15 is 0 Å². The van der Waals surface area contributed by atoms with E-state index in [0.29, 0.717) is 36.1 Å². The number of fused-ring (bicyclic) bond motifs is 1. The second-order valence-electron chi connectivity index (χ2n) is 6.86. The fourth-order valence-electron chi connectivity index (χ4n) is 3.74. The van der Waals surface area contributed by atoms with Crippen molar-refractivity contribution in [3.05, 3.63) is 12.7 Å². The second-order valence-corrected chi connectivity index (χ2v) is 6.86. The van der Waals surface area contributed by atoms with Crippen LogP contribution in [0.4, 0.5) is 11.8 Å². The van der Waals surface area contributed by atoms with Gasteiger partial charge >= 0.3 is 0 Å². The number of H-pyrrole nitrogens is 1. The Labute approximate surface area is 163 Å². The Hall–Kier alpha value is -2.78. The highest BCUT2D eigenvalue weighted by molar-refractivity contribution is 5.85. The van der Waals surface area contributed by atoms with Crippen molar-refractivity contribution >= 4 is 22.9 Å². The van der Waals surface area contributed by atoms with Crippen LogP contribution in [-0.4, -0.2) is 99.6 Å². The van der Waals surface area contributed by atoms with Crippen LogP contribution in [-0.2, 0) is 9.47 Å². The van der Waals surface area contributed by atoms with Crippen molar-refractivity contribution in [3.8, 4) is 0 Å². The minimum Gasteiger partial charge on any atom is -0.394 e. The zero-order valence-electron chi connectivity index (χ0n) is 15.1. The van der Waals surface area contributed by atoms with Crippen molar-refractivity contribution in [1.82, 2.24) is 40.1 Å². The third-order valence-corrected chi connectivity index (χ3v) is 5.19. The Kier molecular flexibility index (Phi) is 4.56. The molecule has 0 saturated carbocycles. The number of nitrogens with zero attached hydrogens (tertiary/aromatic N) is 8. The molecule has 2 aliphatic rings. The summed E-state index contributed by atoms with van der Waals surface area (Å²) in [6.45, 7) is 0.658. The van der Waals surface area contributed by atoms with Crippen LogP contribution in [0.15, 0.2) is 12.7 Å². The molecular weight excluding hydrogens is 386 g/mol. The number of anilines is 2. The molecule has 154 valence electrons. The van der Waals surface area contributed by atoms with Gasteiger partial charge in [-0.3, -0.25) is 9.47 Å². The van der Waals surface area contributed by atoms with Gasteiger partial charge in [0.25, 0.3) is 0 Å². The molecule has 14 heteroatoms. The third-order valence-electron chi connectivity index (χ3n) is 5.19. The normalized spacial score (nSPS) is 29.7. The molecule has 3 aromatic rings. The van der Waals surface area contributed by atoms with Crippen LogP contribution in [0.3, 0.4) is 0 Å². The molecule has 29 heavy (non-hydrogen) atoms. The lowest BCUT2D eigenvalue weighted by atomic mass is 10.1. The predicted molar refractivity (Wildman–Crippen MR) is 93.9 cm³/mol. The van der Waals surface area contributed by atoms with Crippen LogP contribution in [0.5, 0.6) is 0 Å². The largest absolute Gasteiger partial charge is 0.394 e. The van der Waals surface area contributed by atoms with E-state index in [2.05, 4.69) is 35.6 Å². The summed E-state index contributed by atoms with van der Waals surface area (Å²) in [6.07, 6.45) is -0.764. The maximum absolute atomic E-state index is 10.4. The monoisotopic (exact) mass is 405 g/mol. The van der Waals surface area contributed by atoms with Gasteiger partial charge in [0.1, 0.15) is 24.6 Å². The van der Waals surface area contributed by atoms with Gasteiger partial charge in [0.15, 0.2) is 23.2 Å². The number of tetrazole rings is 1. The van der Waals surface area contributed by atoms with Gasteiger partial charge in [-0.1, -0.05) is 5.10 Å². The molecule has 0 bridgehead atoms. The van der Waals surface area contributed by atoms with Crippen LogP contribution in [0, 0.1) is 0 Å². The summed E-state index contributed by atoms with van der Waals surface area (Å²) in [5.74, 6) is 0.859. The van der Waals surface area contributed by atoms with Crippen molar-refractivity contribution < 1.29 is 24.8 Å². The van der Waals surface area contributed by atoms with Gasteiger partial charge in [-0.05, 0) is 16.8 Å². The Morgan fingerprint density at radius 3 is 2.83 bits per heavy atom. The van der Waals surface area contributed by atoms with E-state index in [-0.39, 0.29) is 6.04 Å². The molecule has 5 heterocycles. The van der Waals surface area contributed by atoms with Crippen LogP contribution in [0.1, 0.15) is 12.6 Å². The van der Waals surface area contributed by atoms with Crippen LogP contribution < -0.4 is 4.90 Å². The van der Waals surface area contributed by atoms with E-state index in [1.807, 2.05) is 4.90 Å². The van der Waals surface area contributed by atoms with Gasteiger partial charge in [0.05, 0.1) is 25.6 Å². The molecule has 0 aromatic carbocycles. The molecule has 0 spiro atoms. The number of nitrogens with one attached hydrogen (secondary N) is 1. The number of ether oxygens (including phenoxy) is 2. The summed E-state index contributed by atoms with van der Waals surface area (Å²) in [5.41, 5.74) is 0.828. The Morgan fingerprint density at radius 1 is 1.24 bits per heavy atom. The fourth-order valence-corrected chi connectivity index (χ4v) is 3.74. The molecule has 0 radical (unpaired) electrons.